The second-order valence-corrected chi connectivity index (χ2v) is 8.56. The first-order chi connectivity index (χ1) is 17.6. The van der Waals surface area contributed by atoms with E-state index in [1.54, 1.807) is 13.1 Å². The third-order valence-corrected chi connectivity index (χ3v) is 6.18. The minimum Gasteiger partial charge on any atom is -0.378 e. The smallest absolute Gasteiger partial charge is 0.293 e. The van der Waals surface area contributed by atoms with Crippen LogP contribution >= 0.6 is 0 Å². The largest absolute Gasteiger partial charge is 0.378 e. The number of para-hydroxylation sites is 1. The van der Waals surface area contributed by atoms with E-state index in [0.717, 1.165) is 29.8 Å². The molecule has 3 aromatic heterocycles. The van der Waals surface area contributed by atoms with E-state index in [9.17, 15) is 4.79 Å². The zero-order chi connectivity index (χ0) is 25.1. The molecule has 1 aliphatic rings. The zero-order valence-electron chi connectivity index (χ0n) is 20.5. The highest BCUT2D eigenvalue weighted by atomic mass is 16.5. The summed E-state index contributed by atoms with van der Waals surface area (Å²) >= 11 is 0. The minimum atomic E-state index is -0.269. The third kappa shape index (κ3) is 4.48. The van der Waals surface area contributed by atoms with Crippen LogP contribution in [-0.4, -0.2) is 75.7 Å². The van der Waals surface area contributed by atoms with Crippen LogP contribution in [0.2, 0.25) is 0 Å². The number of imidazole rings is 1. The standard InChI is InChI=1S/C25H29N9O2/c1-3-4-10-33-22-20(29-25(33)31(2)11-9-26)16-27-34(24(22)35)17-21-28-19-8-6-5-7-18(19)23(30-21)32-12-14-36-15-13-32/h5-8,16H,9-15,17,26H2,1-2H3. The predicted molar refractivity (Wildman–Crippen MR) is 139 cm³/mol. The van der Waals surface area contributed by atoms with Crippen LogP contribution in [0.15, 0.2) is 35.3 Å². The third-order valence-electron chi connectivity index (χ3n) is 6.18. The fourth-order valence-electron chi connectivity index (χ4n) is 4.41. The van der Waals surface area contributed by atoms with Crippen molar-refractivity contribution in [1.82, 2.24) is 29.3 Å². The second kappa shape index (κ2) is 10.3. The topological polar surface area (TPSA) is 120 Å². The van der Waals surface area contributed by atoms with E-state index in [2.05, 4.69) is 26.8 Å². The highest BCUT2D eigenvalue weighted by Gasteiger charge is 2.20. The number of likely N-dealkylation sites (N-methyl/N-ethyl adjacent to an activating group) is 1. The van der Waals surface area contributed by atoms with Gasteiger partial charge in [-0.05, 0) is 19.1 Å². The van der Waals surface area contributed by atoms with Gasteiger partial charge in [-0.2, -0.15) is 5.10 Å². The van der Waals surface area contributed by atoms with Crippen molar-refractivity contribution in [3.63, 3.8) is 0 Å². The van der Waals surface area contributed by atoms with Crippen LogP contribution in [0.4, 0.5) is 11.8 Å². The molecule has 0 bridgehead atoms. The van der Waals surface area contributed by atoms with Crippen LogP contribution in [-0.2, 0) is 17.8 Å². The summed E-state index contributed by atoms with van der Waals surface area (Å²) in [6.45, 7) is 6.10. The number of nitrogens with two attached hydrogens (primary N) is 1. The number of ether oxygens (including phenoxy) is 1. The number of fused-ring (bicyclic) bond motifs is 2. The molecule has 2 N–H and O–H groups in total. The quantitative estimate of drug-likeness (QED) is 0.378. The molecule has 0 unspecified atom stereocenters. The molecule has 0 saturated carbocycles. The Kier molecular flexibility index (Phi) is 6.79. The summed E-state index contributed by atoms with van der Waals surface area (Å²) in [6, 6.07) is 7.91. The minimum absolute atomic E-state index is 0.134. The molecule has 5 rings (SSSR count). The van der Waals surface area contributed by atoms with E-state index in [-0.39, 0.29) is 12.1 Å². The van der Waals surface area contributed by atoms with Crippen molar-refractivity contribution < 1.29 is 4.74 Å². The molecule has 11 nitrogen and oxygen atoms in total. The molecule has 186 valence electrons. The molecule has 0 atom stereocenters. The summed E-state index contributed by atoms with van der Waals surface area (Å²) in [5.74, 6) is 7.94. The van der Waals surface area contributed by atoms with Gasteiger partial charge < -0.3 is 20.3 Å². The molecule has 36 heavy (non-hydrogen) atoms. The van der Waals surface area contributed by atoms with E-state index in [1.165, 1.54) is 4.68 Å². The first kappa shape index (κ1) is 23.7. The summed E-state index contributed by atoms with van der Waals surface area (Å²) in [6.07, 6.45) is 1.61. The van der Waals surface area contributed by atoms with Gasteiger partial charge in [0.25, 0.3) is 5.56 Å². The van der Waals surface area contributed by atoms with Gasteiger partial charge in [-0.25, -0.2) is 19.6 Å². The number of anilines is 2. The molecular formula is C25H29N9O2. The lowest BCUT2D eigenvalue weighted by molar-refractivity contribution is 0.122. The molecule has 1 saturated heterocycles. The Bertz CT molecular complexity index is 1510. The molecule has 0 spiro atoms. The maximum absolute atomic E-state index is 13.6. The number of nitrogens with zero attached hydrogens (tertiary/aromatic N) is 8. The summed E-state index contributed by atoms with van der Waals surface area (Å²) in [5, 5.41) is 5.37. The summed E-state index contributed by atoms with van der Waals surface area (Å²) in [7, 11) is 1.89. The molecule has 4 heterocycles. The second-order valence-electron chi connectivity index (χ2n) is 8.56. The first-order valence-corrected chi connectivity index (χ1v) is 12.0. The van der Waals surface area contributed by atoms with Crippen LogP contribution in [0.25, 0.3) is 21.9 Å². The van der Waals surface area contributed by atoms with E-state index in [4.69, 9.17) is 20.4 Å². The van der Waals surface area contributed by atoms with Gasteiger partial charge in [0.15, 0.2) is 5.82 Å². The Balaban J connectivity index is 1.59. The molecule has 0 aliphatic carbocycles. The van der Waals surface area contributed by atoms with Crippen LogP contribution in [0.3, 0.4) is 0 Å². The molecule has 1 aromatic carbocycles. The monoisotopic (exact) mass is 487 g/mol. The normalized spacial score (nSPS) is 13.7. The number of hydrogen-bond acceptors (Lipinski definition) is 9. The van der Waals surface area contributed by atoms with Gasteiger partial charge in [-0.1, -0.05) is 18.1 Å². The van der Waals surface area contributed by atoms with Gasteiger partial charge in [-0.3, -0.25) is 9.36 Å². The summed E-state index contributed by atoms with van der Waals surface area (Å²) in [4.78, 5) is 32.0. The highest BCUT2D eigenvalue weighted by Crippen LogP contribution is 2.25. The Labute approximate surface area is 208 Å². The van der Waals surface area contributed by atoms with Gasteiger partial charge >= 0.3 is 0 Å². The van der Waals surface area contributed by atoms with Gasteiger partial charge in [0.05, 0.1) is 31.5 Å². The Morgan fingerprint density at radius 2 is 1.94 bits per heavy atom. The van der Waals surface area contributed by atoms with Crippen molar-refractivity contribution in [2.24, 2.45) is 5.73 Å². The summed E-state index contributed by atoms with van der Waals surface area (Å²) < 4.78 is 8.73. The average molecular weight is 488 g/mol. The SMILES string of the molecule is CC#CCn1c(N(C)CCN)nc2cnn(Cc3nc(N4CCOCC4)c4ccccc4n3)c(=O)c21. The maximum Gasteiger partial charge on any atom is 0.293 e. The van der Waals surface area contributed by atoms with Crippen molar-refractivity contribution >= 4 is 33.7 Å². The Morgan fingerprint density at radius 1 is 1.14 bits per heavy atom. The van der Waals surface area contributed by atoms with Crippen LogP contribution in [0.1, 0.15) is 12.7 Å². The van der Waals surface area contributed by atoms with Gasteiger partial charge in [-0.15, -0.1) is 5.92 Å². The molecule has 0 radical (unpaired) electrons. The first-order valence-electron chi connectivity index (χ1n) is 12.0. The maximum atomic E-state index is 13.6. The number of aromatic nitrogens is 6. The lowest BCUT2D eigenvalue weighted by Gasteiger charge is -2.29. The predicted octanol–water partition coefficient (Wildman–Crippen LogP) is 0.839. The van der Waals surface area contributed by atoms with Crippen molar-refractivity contribution in [2.75, 3.05) is 56.2 Å². The van der Waals surface area contributed by atoms with Crippen molar-refractivity contribution in [2.45, 2.75) is 20.0 Å². The molecule has 4 aromatic rings. The lowest BCUT2D eigenvalue weighted by atomic mass is 10.2. The van der Waals surface area contributed by atoms with E-state index >= 15 is 0 Å². The van der Waals surface area contributed by atoms with E-state index in [1.807, 2.05) is 40.8 Å². The van der Waals surface area contributed by atoms with Gasteiger partial charge in [0.2, 0.25) is 5.95 Å². The summed E-state index contributed by atoms with van der Waals surface area (Å²) in [5.41, 5.74) is 7.27. The van der Waals surface area contributed by atoms with Crippen LogP contribution in [0.5, 0.6) is 0 Å². The molecule has 1 fully saturated rings. The Hall–Kier alpha value is -4.01. The average Bonchev–Trinajstić information content (AvgIpc) is 3.28. The molecule has 11 heteroatoms. The number of benzene rings is 1. The molecular weight excluding hydrogens is 458 g/mol. The van der Waals surface area contributed by atoms with Crippen LogP contribution in [0, 0.1) is 11.8 Å². The zero-order valence-corrected chi connectivity index (χ0v) is 20.5. The van der Waals surface area contributed by atoms with Crippen molar-refractivity contribution in [1.29, 1.82) is 0 Å². The van der Waals surface area contributed by atoms with E-state index < -0.39 is 0 Å². The van der Waals surface area contributed by atoms with Crippen molar-refractivity contribution in [3.05, 3.63) is 46.6 Å². The van der Waals surface area contributed by atoms with Crippen molar-refractivity contribution in [3.8, 4) is 11.8 Å². The fraction of sp³-hybridized carbons (Fsp3) is 0.400. The van der Waals surface area contributed by atoms with Gasteiger partial charge in [0.1, 0.15) is 23.4 Å². The van der Waals surface area contributed by atoms with Gasteiger partial charge in [0, 0.05) is 38.6 Å². The van der Waals surface area contributed by atoms with E-state index in [0.29, 0.717) is 55.7 Å². The lowest BCUT2D eigenvalue weighted by Crippen LogP contribution is -2.37. The Morgan fingerprint density at radius 3 is 2.72 bits per heavy atom. The highest BCUT2D eigenvalue weighted by molar-refractivity contribution is 5.89. The number of morpholine rings is 1. The number of hydrogen-bond donors (Lipinski definition) is 1. The number of rotatable bonds is 7. The fourth-order valence-corrected chi connectivity index (χ4v) is 4.41. The molecule has 1 aliphatic heterocycles. The molecule has 0 amide bonds. The van der Waals surface area contributed by atoms with Crippen LogP contribution < -0.4 is 21.1 Å².